The lowest BCUT2D eigenvalue weighted by atomic mass is 10.2. The number of aromatic nitrogens is 1. The van der Waals surface area contributed by atoms with Gasteiger partial charge >= 0.3 is 6.36 Å². The Morgan fingerprint density at radius 3 is 2.36 bits per heavy atom. The summed E-state index contributed by atoms with van der Waals surface area (Å²) in [5.74, 6) is -0.737. The average Bonchev–Trinajstić information content (AvgIpc) is 3.06. The summed E-state index contributed by atoms with van der Waals surface area (Å²) in [5, 5.41) is 3.32. The van der Waals surface area contributed by atoms with Crippen LogP contribution >= 0.6 is 11.3 Å². The van der Waals surface area contributed by atoms with Crippen LogP contribution in [0.3, 0.4) is 0 Å². The van der Waals surface area contributed by atoms with Crippen LogP contribution < -0.4 is 10.1 Å². The normalized spacial score (nSPS) is 11.2. The fourth-order valence-corrected chi connectivity index (χ4v) is 2.84. The van der Waals surface area contributed by atoms with E-state index in [2.05, 4.69) is 15.0 Å². The third-order valence-electron chi connectivity index (χ3n) is 3.10. The molecule has 0 aliphatic carbocycles. The summed E-state index contributed by atoms with van der Waals surface area (Å²) < 4.78 is 40.1. The van der Waals surface area contributed by atoms with Crippen molar-refractivity contribution in [2.24, 2.45) is 0 Å². The smallest absolute Gasteiger partial charge is 0.406 e. The summed E-state index contributed by atoms with van der Waals surface area (Å²) in [4.78, 5) is 16.8. The lowest BCUT2D eigenvalue weighted by molar-refractivity contribution is -0.274. The molecule has 0 fully saturated rings. The zero-order valence-corrected chi connectivity index (χ0v) is 13.4. The van der Waals surface area contributed by atoms with E-state index in [4.69, 9.17) is 0 Å². The summed E-state index contributed by atoms with van der Waals surface area (Å²) >= 11 is 1.23. The molecule has 0 saturated carbocycles. The molecule has 0 spiro atoms. The SMILES string of the molecule is O=C(Nc1ccc(OC(F)(F)F)cc1)c1cnc(-c2ccccc2)s1. The number of alkyl halides is 3. The van der Waals surface area contributed by atoms with E-state index in [0.717, 1.165) is 17.7 Å². The molecule has 2 aromatic carbocycles. The Morgan fingerprint density at radius 1 is 1.04 bits per heavy atom. The number of rotatable bonds is 4. The quantitative estimate of drug-likeness (QED) is 0.712. The molecule has 1 heterocycles. The zero-order chi connectivity index (χ0) is 17.9. The maximum absolute atomic E-state index is 12.2. The lowest BCUT2D eigenvalue weighted by Crippen LogP contribution is -2.17. The number of nitrogens with zero attached hydrogens (tertiary/aromatic N) is 1. The van der Waals surface area contributed by atoms with Gasteiger partial charge in [-0.15, -0.1) is 24.5 Å². The number of ether oxygens (including phenoxy) is 1. The Kier molecular flexibility index (Phi) is 4.71. The van der Waals surface area contributed by atoms with Crippen LogP contribution in [0.5, 0.6) is 5.75 Å². The fourth-order valence-electron chi connectivity index (χ4n) is 2.03. The van der Waals surface area contributed by atoms with E-state index in [0.29, 0.717) is 15.6 Å². The number of nitrogens with one attached hydrogen (secondary N) is 1. The van der Waals surface area contributed by atoms with Gasteiger partial charge in [0.2, 0.25) is 0 Å². The molecule has 0 radical (unpaired) electrons. The molecule has 3 rings (SSSR count). The Labute approximate surface area is 144 Å². The van der Waals surface area contributed by atoms with Gasteiger partial charge in [0.1, 0.15) is 15.6 Å². The molecular weight excluding hydrogens is 353 g/mol. The third-order valence-corrected chi connectivity index (χ3v) is 4.14. The van der Waals surface area contributed by atoms with Crippen LogP contribution in [0.25, 0.3) is 10.6 Å². The van der Waals surface area contributed by atoms with Crippen molar-refractivity contribution in [3.63, 3.8) is 0 Å². The number of hydrogen-bond acceptors (Lipinski definition) is 4. The van der Waals surface area contributed by atoms with Gasteiger partial charge in [-0.3, -0.25) is 4.79 Å². The number of anilines is 1. The largest absolute Gasteiger partial charge is 0.573 e. The van der Waals surface area contributed by atoms with Crippen LogP contribution in [0.2, 0.25) is 0 Å². The molecule has 0 bridgehead atoms. The minimum absolute atomic E-state index is 0.352. The van der Waals surface area contributed by atoms with Gasteiger partial charge in [0.25, 0.3) is 5.91 Å². The predicted molar refractivity (Wildman–Crippen MR) is 88.6 cm³/mol. The molecule has 1 aromatic heterocycles. The molecule has 0 atom stereocenters. The van der Waals surface area contributed by atoms with E-state index in [9.17, 15) is 18.0 Å². The molecule has 0 aliphatic heterocycles. The maximum Gasteiger partial charge on any atom is 0.573 e. The summed E-state index contributed by atoms with van der Waals surface area (Å²) in [6.45, 7) is 0. The van der Waals surface area contributed by atoms with Gasteiger partial charge in [-0.1, -0.05) is 30.3 Å². The van der Waals surface area contributed by atoms with Gasteiger partial charge in [0, 0.05) is 11.3 Å². The van der Waals surface area contributed by atoms with Crippen molar-refractivity contribution in [2.45, 2.75) is 6.36 Å². The van der Waals surface area contributed by atoms with Crippen molar-refractivity contribution in [1.29, 1.82) is 0 Å². The van der Waals surface area contributed by atoms with Crippen molar-refractivity contribution < 1.29 is 22.7 Å². The summed E-state index contributed by atoms with van der Waals surface area (Å²) in [6, 6.07) is 14.3. The Hall–Kier alpha value is -2.87. The second-order valence-electron chi connectivity index (χ2n) is 4.92. The first-order valence-electron chi connectivity index (χ1n) is 7.09. The van der Waals surface area contributed by atoms with Gasteiger partial charge in [-0.05, 0) is 24.3 Å². The second-order valence-corrected chi connectivity index (χ2v) is 5.95. The first-order chi connectivity index (χ1) is 11.9. The van der Waals surface area contributed by atoms with Gasteiger partial charge in [-0.25, -0.2) is 4.98 Å². The van der Waals surface area contributed by atoms with Gasteiger partial charge in [0.05, 0.1) is 6.20 Å². The highest BCUT2D eigenvalue weighted by atomic mass is 32.1. The molecule has 0 unspecified atom stereocenters. The van der Waals surface area contributed by atoms with Crippen LogP contribution in [-0.4, -0.2) is 17.3 Å². The standard InChI is InChI=1S/C17H11F3N2O2S/c18-17(19,20)24-13-8-6-12(7-9-13)22-15(23)14-10-21-16(25-14)11-4-2-1-3-5-11/h1-10H,(H,22,23). The number of thiazole rings is 1. The Balaban J connectivity index is 1.67. The Bertz CT molecular complexity index is 862. The Morgan fingerprint density at radius 2 is 1.72 bits per heavy atom. The summed E-state index contributed by atoms with van der Waals surface area (Å²) in [5.41, 5.74) is 1.26. The van der Waals surface area contributed by atoms with Crippen molar-refractivity contribution in [3.8, 4) is 16.3 Å². The van der Waals surface area contributed by atoms with Gasteiger partial charge in [-0.2, -0.15) is 0 Å². The van der Waals surface area contributed by atoms with E-state index in [-0.39, 0.29) is 11.7 Å². The highest BCUT2D eigenvalue weighted by Crippen LogP contribution is 2.27. The van der Waals surface area contributed by atoms with Crippen LogP contribution in [-0.2, 0) is 0 Å². The molecule has 25 heavy (non-hydrogen) atoms. The molecule has 3 aromatic rings. The number of benzene rings is 2. The molecule has 8 heteroatoms. The van der Waals surface area contributed by atoms with E-state index in [1.165, 1.54) is 29.7 Å². The number of amides is 1. The zero-order valence-electron chi connectivity index (χ0n) is 12.6. The molecule has 0 aliphatic rings. The molecule has 0 saturated heterocycles. The molecule has 128 valence electrons. The highest BCUT2D eigenvalue weighted by Gasteiger charge is 2.30. The third kappa shape index (κ3) is 4.57. The maximum atomic E-state index is 12.2. The van der Waals surface area contributed by atoms with Crippen LogP contribution in [0.1, 0.15) is 9.67 Å². The average molecular weight is 364 g/mol. The van der Waals surface area contributed by atoms with Crippen molar-refractivity contribution in [1.82, 2.24) is 4.98 Å². The number of carbonyl (C=O) groups is 1. The van der Waals surface area contributed by atoms with Crippen molar-refractivity contribution >= 4 is 22.9 Å². The predicted octanol–water partition coefficient (Wildman–Crippen LogP) is 4.96. The molecule has 4 nitrogen and oxygen atoms in total. The van der Waals surface area contributed by atoms with E-state index < -0.39 is 6.36 Å². The minimum atomic E-state index is -4.75. The van der Waals surface area contributed by atoms with E-state index in [1.807, 2.05) is 30.3 Å². The van der Waals surface area contributed by atoms with Gasteiger partial charge < -0.3 is 10.1 Å². The first-order valence-corrected chi connectivity index (χ1v) is 7.91. The first kappa shape index (κ1) is 17.0. The second kappa shape index (κ2) is 6.94. The number of hydrogen-bond donors (Lipinski definition) is 1. The van der Waals surface area contributed by atoms with Crippen LogP contribution in [0.4, 0.5) is 18.9 Å². The lowest BCUT2D eigenvalue weighted by Gasteiger charge is -2.09. The summed E-state index contributed by atoms with van der Waals surface area (Å²) in [6.07, 6.45) is -3.29. The van der Waals surface area contributed by atoms with E-state index >= 15 is 0 Å². The van der Waals surface area contributed by atoms with Crippen molar-refractivity contribution in [3.05, 3.63) is 65.7 Å². The molecule has 1 amide bonds. The monoisotopic (exact) mass is 364 g/mol. The minimum Gasteiger partial charge on any atom is -0.406 e. The number of carbonyl (C=O) groups excluding carboxylic acids is 1. The number of halogens is 3. The van der Waals surface area contributed by atoms with Crippen LogP contribution in [0, 0.1) is 0 Å². The van der Waals surface area contributed by atoms with E-state index in [1.54, 1.807) is 0 Å². The molecule has 1 N–H and O–H groups in total. The summed E-state index contributed by atoms with van der Waals surface area (Å²) in [7, 11) is 0. The topological polar surface area (TPSA) is 51.2 Å². The highest BCUT2D eigenvalue weighted by molar-refractivity contribution is 7.17. The fraction of sp³-hybridized carbons (Fsp3) is 0.0588. The van der Waals surface area contributed by atoms with Crippen LogP contribution in [0.15, 0.2) is 60.8 Å². The van der Waals surface area contributed by atoms with Crippen molar-refractivity contribution in [2.75, 3.05) is 5.32 Å². The van der Waals surface area contributed by atoms with Gasteiger partial charge in [0.15, 0.2) is 0 Å². The molecular formula is C17H11F3N2O2S.